The van der Waals surface area contributed by atoms with E-state index in [-0.39, 0.29) is 22.7 Å². The number of pyridine rings is 1. The highest BCUT2D eigenvalue weighted by molar-refractivity contribution is 7.89. The van der Waals surface area contributed by atoms with E-state index in [2.05, 4.69) is 23.6 Å². The largest absolute Gasteiger partial charge is 0.497 e. The zero-order chi connectivity index (χ0) is 21.2. The van der Waals surface area contributed by atoms with Crippen molar-refractivity contribution in [3.63, 3.8) is 0 Å². The Kier molecular flexibility index (Phi) is 5.95. The summed E-state index contributed by atoms with van der Waals surface area (Å²) in [4.78, 5) is 15.2. The van der Waals surface area contributed by atoms with Crippen molar-refractivity contribution in [2.75, 3.05) is 14.2 Å². The van der Waals surface area contributed by atoms with Crippen molar-refractivity contribution in [3.8, 4) is 11.5 Å². The fraction of sp³-hybridized carbons (Fsp3) is 0.286. The lowest BCUT2D eigenvalue weighted by molar-refractivity contribution is 0.386. The zero-order valence-electron chi connectivity index (χ0n) is 16.8. The fourth-order valence-electron chi connectivity index (χ4n) is 3.01. The maximum atomic E-state index is 12.8. The predicted molar refractivity (Wildman–Crippen MR) is 112 cm³/mol. The summed E-state index contributed by atoms with van der Waals surface area (Å²) in [6, 6.07) is 12.0. The molecule has 0 amide bonds. The SMILES string of the molecule is COc1ccc(S(=O)(=O)NCc2cc3cc(C(C)C)ccc3[nH]c2=O)c(OC)c1. The van der Waals surface area contributed by atoms with Crippen molar-refractivity contribution in [2.24, 2.45) is 0 Å². The Balaban J connectivity index is 1.91. The molecule has 0 saturated carbocycles. The molecular formula is C21H24N2O5S. The monoisotopic (exact) mass is 416 g/mol. The summed E-state index contributed by atoms with van der Waals surface area (Å²) in [5.74, 6) is 0.981. The first kappa shape index (κ1) is 20.9. The van der Waals surface area contributed by atoms with Crippen LogP contribution in [0.25, 0.3) is 10.9 Å². The first-order valence-corrected chi connectivity index (χ1v) is 10.6. The van der Waals surface area contributed by atoms with Crippen molar-refractivity contribution < 1.29 is 17.9 Å². The molecule has 1 aromatic heterocycles. The lowest BCUT2D eigenvalue weighted by atomic mass is 10.0. The number of sulfonamides is 1. The molecule has 0 bridgehead atoms. The molecule has 1 heterocycles. The second-order valence-corrected chi connectivity index (χ2v) is 8.70. The van der Waals surface area contributed by atoms with Crippen LogP contribution in [0.4, 0.5) is 0 Å². The van der Waals surface area contributed by atoms with Crippen LogP contribution in [0.15, 0.2) is 52.2 Å². The summed E-state index contributed by atoms with van der Waals surface area (Å²) < 4.78 is 38.3. The van der Waals surface area contributed by atoms with Crippen LogP contribution < -0.4 is 19.8 Å². The van der Waals surface area contributed by atoms with Gasteiger partial charge >= 0.3 is 0 Å². The maximum Gasteiger partial charge on any atom is 0.252 e. The number of fused-ring (bicyclic) bond motifs is 1. The van der Waals surface area contributed by atoms with Gasteiger partial charge in [-0.1, -0.05) is 19.9 Å². The standard InChI is InChI=1S/C21H24N2O5S/c1-13(2)14-5-7-18-15(9-14)10-16(21(24)23-18)12-22-29(25,26)20-8-6-17(27-3)11-19(20)28-4/h5-11,13,22H,12H2,1-4H3,(H,23,24). The predicted octanol–water partition coefficient (Wildman–Crippen LogP) is 3.15. The van der Waals surface area contributed by atoms with E-state index in [1.807, 2.05) is 18.2 Å². The number of nitrogens with one attached hydrogen (secondary N) is 2. The molecule has 29 heavy (non-hydrogen) atoms. The van der Waals surface area contributed by atoms with Crippen LogP contribution in [-0.2, 0) is 16.6 Å². The van der Waals surface area contributed by atoms with Crippen molar-refractivity contribution >= 4 is 20.9 Å². The van der Waals surface area contributed by atoms with Gasteiger partial charge < -0.3 is 14.5 Å². The molecular weight excluding hydrogens is 392 g/mol. The van der Waals surface area contributed by atoms with Gasteiger partial charge in [-0.25, -0.2) is 13.1 Å². The molecule has 0 aliphatic carbocycles. The average molecular weight is 416 g/mol. The molecule has 8 heteroatoms. The summed E-state index contributed by atoms with van der Waals surface area (Å²) in [6.45, 7) is 4.03. The first-order chi connectivity index (χ1) is 13.7. The highest BCUT2D eigenvalue weighted by atomic mass is 32.2. The summed E-state index contributed by atoms with van der Waals surface area (Å²) in [5, 5.41) is 0.854. The third-order valence-corrected chi connectivity index (χ3v) is 6.17. The lowest BCUT2D eigenvalue weighted by Crippen LogP contribution is -2.27. The van der Waals surface area contributed by atoms with Crippen LogP contribution in [0.1, 0.15) is 30.9 Å². The number of H-pyrrole nitrogens is 1. The van der Waals surface area contributed by atoms with Gasteiger partial charge in [0.05, 0.1) is 14.2 Å². The fourth-order valence-corrected chi connectivity index (χ4v) is 4.16. The molecule has 0 spiro atoms. The van der Waals surface area contributed by atoms with Gasteiger partial charge in [0.25, 0.3) is 5.56 Å². The van der Waals surface area contributed by atoms with E-state index >= 15 is 0 Å². The van der Waals surface area contributed by atoms with Gasteiger partial charge in [0.15, 0.2) is 0 Å². The summed E-state index contributed by atoms with van der Waals surface area (Å²) in [6.07, 6.45) is 0. The van der Waals surface area contributed by atoms with Gasteiger partial charge in [0.1, 0.15) is 16.4 Å². The van der Waals surface area contributed by atoms with Gasteiger partial charge in [-0.15, -0.1) is 0 Å². The Morgan fingerprint density at radius 3 is 2.45 bits per heavy atom. The molecule has 0 radical (unpaired) electrons. The van der Waals surface area contributed by atoms with E-state index in [1.165, 1.54) is 32.4 Å². The van der Waals surface area contributed by atoms with Gasteiger partial charge in [-0.2, -0.15) is 0 Å². The van der Waals surface area contributed by atoms with E-state index < -0.39 is 10.0 Å². The van der Waals surface area contributed by atoms with E-state index in [0.717, 1.165) is 10.9 Å². The molecule has 0 atom stereocenters. The van der Waals surface area contributed by atoms with Gasteiger partial charge in [0.2, 0.25) is 10.0 Å². The van der Waals surface area contributed by atoms with Crippen LogP contribution >= 0.6 is 0 Å². The Morgan fingerprint density at radius 1 is 1.03 bits per heavy atom. The average Bonchev–Trinajstić information content (AvgIpc) is 2.71. The molecule has 154 valence electrons. The topological polar surface area (TPSA) is 97.5 Å². The highest BCUT2D eigenvalue weighted by Gasteiger charge is 2.20. The minimum atomic E-state index is -3.90. The molecule has 0 saturated heterocycles. The van der Waals surface area contributed by atoms with E-state index in [4.69, 9.17) is 9.47 Å². The second kappa shape index (κ2) is 8.26. The number of rotatable bonds is 7. The van der Waals surface area contributed by atoms with Crippen LogP contribution in [0.5, 0.6) is 11.5 Å². The molecule has 3 aromatic rings. The Bertz CT molecular complexity index is 1200. The third-order valence-electron chi connectivity index (χ3n) is 4.72. The summed E-state index contributed by atoms with van der Waals surface area (Å²) >= 11 is 0. The van der Waals surface area contributed by atoms with Crippen LogP contribution in [-0.4, -0.2) is 27.6 Å². The Hall–Kier alpha value is -2.84. The second-order valence-electron chi connectivity index (χ2n) is 6.97. The number of methoxy groups -OCH3 is 2. The number of aromatic nitrogens is 1. The molecule has 0 aliphatic heterocycles. The normalized spacial score (nSPS) is 11.8. The highest BCUT2D eigenvalue weighted by Crippen LogP contribution is 2.28. The van der Waals surface area contributed by atoms with Gasteiger partial charge in [-0.05, 0) is 47.2 Å². The van der Waals surface area contributed by atoms with E-state index in [9.17, 15) is 13.2 Å². The Labute approximate surface area is 169 Å². The molecule has 7 nitrogen and oxygen atoms in total. The minimum Gasteiger partial charge on any atom is -0.497 e. The number of aromatic amines is 1. The van der Waals surface area contributed by atoms with E-state index in [0.29, 0.717) is 22.7 Å². The maximum absolute atomic E-state index is 12.8. The molecule has 0 aliphatic rings. The quantitative estimate of drug-likeness (QED) is 0.617. The number of ether oxygens (including phenoxy) is 2. The minimum absolute atomic E-state index is 0.0277. The third kappa shape index (κ3) is 4.44. The lowest BCUT2D eigenvalue weighted by Gasteiger charge is -2.12. The van der Waals surface area contributed by atoms with Crippen LogP contribution in [0.3, 0.4) is 0 Å². The molecule has 0 fully saturated rings. The molecule has 2 aromatic carbocycles. The number of hydrogen-bond acceptors (Lipinski definition) is 5. The van der Waals surface area contributed by atoms with Crippen LogP contribution in [0.2, 0.25) is 0 Å². The first-order valence-electron chi connectivity index (χ1n) is 9.12. The van der Waals surface area contributed by atoms with Crippen molar-refractivity contribution in [3.05, 3.63) is 63.9 Å². The van der Waals surface area contributed by atoms with Crippen molar-refractivity contribution in [2.45, 2.75) is 31.2 Å². The smallest absolute Gasteiger partial charge is 0.252 e. The summed E-state index contributed by atoms with van der Waals surface area (Å²) in [5.41, 5.74) is 1.84. The zero-order valence-corrected chi connectivity index (χ0v) is 17.6. The Morgan fingerprint density at radius 2 is 1.79 bits per heavy atom. The summed E-state index contributed by atoms with van der Waals surface area (Å²) in [7, 11) is -1.03. The molecule has 3 rings (SSSR count). The van der Waals surface area contributed by atoms with Crippen molar-refractivity contribution in [1.82, 2.24) is 9.71 Å². The van der Waals surface area contributed by atoms with E-state index in [1.54, 1.807) is 6.07 Å². The molecule has 2 N–H and O–H groups in total. The molecule has 0 unspecified atom stereocenters. The van der Waals surface area contributed by atoms with Gasteiger partial charge in [-0.3, -0.25) is 4.79 Å². The van der Waals surface area contributed by atoms with Gasteiger partial charge in [0, 0.05) is 23.7 Å². The number of hydrogen-bond donors (Lipinski definition) is 2. The van der Waals surface area contributed by atoms with Crippen LogP contribution in [0, 0.1) is 0 Å². The number of benzene rings is 2. The van der Waals surface area contributed by atoms with Crippen molar-refractivity contribution in [1.29, 1.82) is 0 Å².